The van der Waals surface area contributed by atoms with E-state index in [2.05, 4.69) is 12.1 Å². The van der Waals surface area contributed by atoms with Crippen LogP contribution in [0.25, 0.3) is 0 Å². The van der Waals surface area contributed by atoms with Gasteiger partial charge in [0.05, 0.1) is 17.9 Å². The minimum Gasteiger partial charge on any atom is -0.481 e. The van der Waals surface area contributed by atoms with Gasteiger partial charge in [0, 0.05) is 7.05 Å². The van der Waals surface area contributed by atoms with Gasteiger partial charge in [-0.05, 0) is 29.4 Å². The fraction of sp³-hybridized carbons (Fsp3) is 0.529. The zero-order valence-corrected chi connectivity index (χ0v) is 12.7. The second-order valence-electron chi connectivity index (χ2n) is 6.82. The third-order valence-electron chi connectivity index (χ3n) is 5.28. The van der Waals surface area contributed by atoms with Crippen molar-refractivity contribution in [2.75, 3.05) is 7.05 Å². The number of rotatable bonds is 3. The lowest BCUT2D eigenvalue weighted by Gasteiger charge is -2.26. The Bertz CT molecular complexity index is 608. The van der Waals surface area contributed by atoms with Crippen molar-refractivity contribution in [1.82, 2.24) is 4.90 Å². The summed E-state index contributed by atoms with van der Waals surface area (Å²) in [4.78, 5) is 25.7. The summed E-state index contributed by atoms with van der Waals surface area (Å²) >= 11 is 0. The number of carbonyl (C=O) groups excluding carboxylic acids is 1. The van der Waals surface area contributed by atoms with Crippen LogP contribution in [0.4, 0.5) is 0 Å². The Morgan fingerprint density at radius 2 is 1.90 bits per heavy atom. The smallest absolute Gasteiger partial charge is 0.307 e. The number of carboxylic acid groups (broad SMARTS) is 1. The molecule has 1 N–H and O–H groups in total. The van der Waals surface area contributed by atoms with E-state index >= 15 is 0 Å². The Balaban J connectivity index is 1.80. The van der Waals surface area contributed by atoms with Crippen LogP contribution in [-0.4, -0.2) is 28.9 Å². The fourth-order valence-corrected chi connectivity index (χ4v) is 3.87. The van der Waals surface area contributed by atoms with Crippen molar-refractivity contribution in [2.45, 2.75) is 32.7 Å². The van der Waals surface area contributed by atoms with Crippen molar-refractivity contribution in [1.29, 1.82) is 0 Å². The second-order valence-corrected chi connectivity index (χ2v) is 6.82. The molecule has 21 heavy (non-hydrogen) atoms. The first-order valence-electron chi connectivity index (χ1n) is 7.43. The summed E-state index contributed by atoms with van der Waals surface area (Å²) in [5, 5.41) is 9.24. The summed E-state index contributed by atoms with van der Waals surface area (Å²) < 4.78 is 0. The predicted molar refractivity (Wildman–Crippen MR) is 78.7 cm³/mol. The molecule has 0 saturated heterocycles. The first-order chi connectivity index (χ1) is 9.85. The Morgan fingerprint density at radius 1 is 1.24 bits per heavy atom. The van der Waals surface area contributed by atoms with Crippen molar-refractivity contribution in [3.8, 4) is 0 Å². The predicted octanol–water partition coefficient (Wildman–Crippen LogP) is 2.49. The molecule has 0 bridgehead atoms. The van der Waals surface area contributed by atoms with Gasteiger partial charge in [-0.25, -0.2) is 0 Å². The van der Waals surface area contributed by atoms with Crippen LogP contribution in [-0.2, 0) is 16.0 Å². The van der Waals surface area contributed by atoms with Gasteiger partial charge in [0.2, 0.25) is 5.91 Å². The number of aliphatic carboxylic acids is 1. The number of carboxylic acids is 1. The lowest BCUT2D eigenvalue weighted by atomic mass is 10.1. The maximum Gasteiger partial charge on any atom is 0.307 e. The molecule has 4 nitrogen and oxygen atoms in total. The highest BCUT2D eigenvalue weighted by Crippen LogP contribution is 2.59. The average molecular weight is 287 g/mol. The van der Waals surface area contributed by atoms with E-state index in [1.165, 1.54) is 11.1 Å². The molecule has 1 aromatic carbocycles. The van der Waals surface area contributed by atoms with Crippen LogP contribution in [0.1, 0.15) is 37.4 Å². The molecule has 3 atom stereocenters. The van der Waals surface area contributed by atoms with E-state index in [-0.39, 0.29) is 11.9 Å². The first kappa shape index (κ1) is 14.1. The summed E-state index contributed by atoms with van der Waals surface area (Å²) in [6.45, 7) is 3.73. The Kier molecular flexibility index (Phi) is 3.08. The van der Waals surface area contributed by atoms with Crippen LogP contribution < -0.4 is 0 Å². The van der Waals surface area contributed by atoms with Gasteiger partial charge in [-0.2, -0.15) is 0 Å². The molecule has 4 heteroatoms. The van der Waals surface area contributed by atoms with Crippen LogP contribution in [0.2, 0.25) is 0 Å². The number of fused-ring (bicyclic) bond motifs is 1. The topological polar surface area (TPSA) is 57.6 Å². The molecule has 2 aliphatic carbocycles. The molecule has 0 spiro atoms. The van der Waals surface area contributed by atoms with E-state index in [0.717, 1.165) is 12.8 Å². The zero-order valence-electron chi connectivity index (χ0n) is 12.7. The molecule has 2 aliphatic rings. The Labute approximate surface area is 124 Å². The lowest BCUT2D eigenvalue weighted by Crippen LogP contribution is -2.33. The number of hydrogen-bond acceptors (Lipinski definition) is 2. The van der Waals surface area contributed by atoms with Crippen LogP contribution in [0.15, 0.2) is 24.3 Å². The molecule has 1 aromatic rings. The van der Waals surface area contributed by atoms with Crippen LogP contribution in [0.5, 0.6) is 0 Å². The summed E-state index contributed by atoms with van der Waals surface area (Å²) in [5.74, 6) is -1.84. The van der Waals surface area contributed by atoms with Crippen molar-refractivity contribution >= 4 is 11.9 Å². The molecule has 0 aliphatic heterocycles. The van der Waals surface area contributed by atoms with E-state index < -0.39 is 23.2 Å². The van der Waals surface area contributed by atoms with Gasteiger partial charge in [0.15, 0.2) is 0 Å². The van der Waals surface area contributed by atoms with Gasteiger partial charge in [-0.15, -0.1) is 0 Å². The van der Waals surface area contributed by atoms with Gasteiger partial charge in [0.1, 0.15) is 0 Å². The molecule has 1 saturated carbocycles. The van der Waals surface area contributed by atoms with Crippen molar-refractivity contribution in [2.24, 2.45) is 17.3 Å². The largest absolute Gasteiger partial charge is 0.481 e. The summed E-state index contributed by atoms with van der Waals surface area (Å²) in [5.41, 5.74) is 2.07. The highest BCUT2D eigenvalue weighted by molar-refractivity contribution is 5.91. The normalized spacial score (nSPS) is 28.8. The molecule has 1 amide bonds. The van der Waals surface area contributed by atoms with Gasteiger partial charge >= 0.3 is 5.97 Å². The van der Waals surface area contributed by atoms with Crippen molar-refractivity contribution in [3.63, 3.8) is 0 Å². The molecule has 112 valence electrons. The molecule has 1 fully saturated rings. The summed E-state index contributed by atoms with van der Waals surface area (Å²) in [6.07, 6.45) is 1.90. The molecule has 0 aromatic heterocycles. The number of nitrogens with zero attached hydrogens (tertiary/aromatic N) is 1. The molecule has 1 unspecified atom stereocenters. The fourth-order valence-electron chi connectivity index (χ4n) is 3.87. The highest BCUT2D eigenvalue weighted by Gasteiger charge is 2.66. The summed E-state index contributed by atoms with van der Waals surface area (Å²) in [7, 11) is 1.81. The molecule has 0 heterocycles. The SMILES string of the molecule is CN(C(=O)[C@H]1[C@@H](C(=O)O)C1(C)C)C1CCc2ccccc21. The Morgan fingerprint density at radius 3 is 2.52 bits per heavy atom. The van der Waals surface area contributed by atoms with Gasteiger partial charge in [-0.1, -0.05) is 38.1 Å². The van der Waals surface area contributed by atoms with Gasteiger partial charge in [-0.3, -0.25) is 9.59 Å². The number of carbonyl (C=O) groups is 2. The van der Waals surface area contributed by atoms with E-state index in [1.54, 1.807) is 4.90 Å². The highest BCUT2D eigenvalue weighted by atomic mass is 16.4. The molecule has 3 rings (SSSR count). The maximum absolute atomic E-state index is 12.7. The minimum atomic E-state index is -0.862. The number of hydrogen-bond donors (Lipinski definition) is 1. The number of amides is 1. The average Bonchev–Trinajstić information content (AvgIpc) is 2.82. The Hall–Kier alpha value is -1.84. The molecule has 0 radical (unpaired) electrons. The van der Waals surface area contributed by atoms with Gasteiger partial charge in [0.25, 0.3) is 0 Å². The molecular weight excluding hydrogens is 266 g/mol. The maximum atomic E-state index is 12.7. The number of benzene rings is 1. The monoisotopic (exact) mass is 287 g/mol. The quantitative estimate of drug-likeness (QED) is 0.929. The van der Waals surface area contributed by atoms with E-state index in [9.17, 15) is 14.7 Å². The van der Waals surface area contributed by atoms with Crippen LogP contribution >= 0.6 is 0 Å². The first-order valence-corrected chi connectivity index (χ1v) is 7.43. The third kappa shape index (κ3) is 2.04. The lowest BCUT2D eigenvalue weighted by molar-refractivity contribution is -0.142. The second kappa shape index (κ2) is 4.58. The van der Waals surface area contributed by atoms with Crippen molar-refractivity contribution in [3.05, 3.63) is 35.4 Å². The third-order valence-corrected chi connectivity index (χ3v) is 5.28. The van der Waals surface area contributed by atoms with Crippen LogP contribution in [0, 0.1) is 17.3 Å². The summed E-state index contributed by atoms with van der Waals surface area (Å²) in [6, 6.07) is 8.28. The van der Waals surface area contributed by atoms with E-state index in [0.29, 0.717) is 0 Å². The standard InChI is InChI=1S/C17H21NO3/c1-17(2)13(14(17)16(20)21)15(19)18(3)12-9-8-10-6-4-5-7-11(10)12/h4-7,12-14H,8-9H2,1-3H3,(H,20,21)/t12?,13-,14+/m1/s1. The van der Waals surface area contributed by atoms with Crippen molar-refractivity contribution < 1.29 is 14.7 Å². The number of aryl methyl sites for hydroxylation is 1. The zero-order chi connectivity index (χ0) is 15.4. The van der Waals surface area contributed by atoms with E-state index in [4.69, 9.17) is 0 Å². The van der Waals surface area contributed by atoms with Crippen LogP contribution in [0.3, 0.4) is 0 Å². The molecular formula is C17H21NO3. The minimum absolute atomic E-state index is 0.0332. The van der Waals surface area contributed by atoms with Gasteiger partial charge < -0.3 is 10.0 Å². The van der Waals surface area contributed by atoms with E-state index in [1.807, 2.05) is 33.0 Å².